The lowest BCUT2D eigenvalue weighted by Gasteiger charge is -1.99. The van der Waals surface area contributed by atoms with E-state index >= 15 is 0 Å². The number of carbonyl (C=O) groups is 1. The zero-order valence-corrected chi connectivity index (χ0v) is 11.4. The van der Waals surface area contributed by atoms with Crippen molar-refractivity contribution in [2.24, 2.45) is 0 Å². The molecule has 0 aliphatic heterocycles. The predicted octanol–water partition coefficient (Wildman–Crippen LogP) is 2.65. The van der Waals surface area contributed by atoms with Gasteiger partial charge in [0.05, 0.1) is 12.3 Å². The second-order valence-electron chi connectivity index (χ2n) is 3.33. The van der Waals surface area contributed by atoms with Crippen molar-refractivity contribution in [2.75, 3.05) is 6.61 Å². The van der Waals surface area contributed by atoms with Crippen molar-refractivity contribution in [3.05, 3.63) is 45.8 Å². The fourth-order valence-corrected chi connectivity index (χ4v) is 2.00. The Kier molecular flexibility index (Phi) is 3.78. The molecule has 1 aromatic heterocycles. The van der Waals surface area contributed by atoms with Crippen LogP contribution in [0.5, 0.6) is 0 Å². The van der Waals surface area contributed by atoms with Crippen LogP contribution in [-0.4, -0.2) is 22.4 Å². The van der Waals surface area contributed by atoms with Gasteiger partial charge in [-0.15, -0.1) is 0 Å². The van der Waals surface area contributed by atoms with Gasteiger partial charge in [0.1, 0.15) is 9.26 Å². The first-order valence-electron chi connectivity index (χ1n) is 5.20. The number of hydrogen-bond acceptors (Lipinski definition) is 3. The SMILES string of the molecule is CCOC(=O)c1cn(-c2ccccc2)nc1I. The number of halogens is 1. The molecule has 5 heteroatoms. The van der Waals surface area contributed by atoms with E-state index in [-0.39, 0.29) is 5.97 Å². The number of esters is 1. The highest BCUT2D eigenvalue weighted by Gasteiger charge is 2.15. The van der Waals surface area contributed by atoms with Crippen LogP contribution in [0.15, 0.2) is 36.5 Å². The van der Waals surface area contributed by atoms with Gasteiger partial charge >= 0.3 is 5.97 Å². The Morgan fingerprint density at radius 2 is 2.12 bits per heavy atom. The predicted molar refractivity (Wildman–Crippen MR) is 72.2 cm³/mol. The fourth-order valence-electron chi connectivity index (χ4n) is 1.41. The number of benzene rings is 1. The summed E-state index contributed by atoms with van der Waals surface area (Å²) < 4.78 is 7.28. The van der Waals surface area contributed by atoms with Crippen LogP contribution in [-0.2, 0) is 4.74 Å². The summed E-state index contributed by atoms with van der Waals surface area (Å²) in [6.45, 7) is 2.15. The molecule has 0 aliphatic rings. The maximum absolute atomic E-state index is 11.6. The molecule has 0 amide bonds. The van der Waals surface area contributed by atoms with Crippen LogP contribution >= 0.6 is 22.6 Å². The second kappa shape index (κ2) is 5.31. The average molecular weight is 342 g/mol. The van der Waals surface area contributed by atoms with Gasteiger partial charge < -0.3 is 4.74 Å². The third kappa shape index (κ3) is 2.66. The molecule has 0 unspecified atom stereocenters. The van der Waals surface area contributed by atoms with Crippen molar-refractivity contribution in [1.29, 1.82) is 0 Å². The Morgan fingerprint density at radius 1 is 1.41 bits per heavy atom. The molecule has 1 aromatic carbocycles. The van der Waals surface area contributed by atoms with Gasteiger partial charge in [-0.2, -0.15) is 5.10 Å². The molecule has 0 N–H and O–H groups in total. The molecule has 17 heavy (non-hydrogen) atoms. The van der Waals surface area contributed by atoms with E-state index in [1.165, 1.54) is 0 Å². The summed E-state index contributed by atoms with van der Waals surface area (Å²) in [7, 11) is 0. The van der Waals surface area contributed by atoms with Gasteiger partial charge in [-0.25, -0.2) is 9.48 Å². The van der Waals surface area contributed by atoms with E-state index in [4.69, 9.17) is 4.74 Å². The zero-order valence-electron chi connectivity index (χ0n) is 9.26. The average Bonchev–Trinajstić information content (AvgIpc) is 2.73. The Balaban J connectivity index is 2.34. The smallest absolute Gasteiger partial charge is 0.342 e. The number of nitrogens with zero attached hydrogens (tertiary/aromatic N) is 2. The quantitative estimate of drug-likeness (QED) is 0.636. The summed E-state index contributed by atoms with van der Waals surface area (Å²) in [5.41, 5.74) is 1.41. The topological polar surface area (TPSA) is 44.1 Å². The summed E-state index contributed by atoms with van der Waals surface area (Å²) in [5.74, 6) is -0.334. The number of carbonyl (C=O) groups excluding carboxylic acids is 1. The number of aromatic nitrogens is 2. The molecule has 0 fully saturated rings. The van der Waals surface area contributed by atoms with E-state index < -0.39 is 0 Å². The van der Waals surface area contributed by atoms with Crippen molar-refractivity contribution in [2.45, 2.75) is 6.92 Å². The second-order valence-corrected chi connectivity index (χ2v) is 4.36. The maximum Gasteiger partial charge on any atom is 0.342 e. The molecular weight excluding hydrogens is 331 g/mol. The normalized spacial score (nSPS) is 10.2. The number of ether oxygens (including phenoxy) is 1. The molecule has 2 aromatic rings. The summed E-state index contributed by atoms with van der Waals surface area (Å²) in [6, 6.07) is 9.64. The first-order valence-corrected chi connectivity index (χ1v) is 6.28. The van der Waals surface area contributed by atoms with Crippen molar-refractivity contribution in [1.82, 2.24) is 9.78 Å². The van der Waals surface area contributed by atoms with E-state index in [1.54, 1.807) is 17.8 Å². The van der Waals surface area contributed by atoms with E-state index in [0.29, 0.717) is 15.9 Å². The monoisotopic (exact) mass is 342 g/mol. The van der Waals surface area contributed by atoms with Gasteiger partial charge in [0.15, 0.2) is 0 Å². The molecule has 0 bridgehead atoms. The Labute approximate surface area is 113 Å². The third-order valence-electron chi connectivity index (χ3n) is 2.19. The first kappa shape index (κ1) is 12.1. The van der Waals surface area contributed by atoms with Crippen LogP contribution in [0.2, 0.25) is 0 Å². The van der Waals surface area contributed by atoms with Gasteiger partial charge in [0, 0.05) is 6.20 Å². The molecular formula is C12H11IN2O2. The fraction of sp³-hybridized carbons (Fsp3) is 0.167. The molecule has 0 aliphatic carbocycles. The summed E-state index contributed by atoms with van der Waals surface area (Å²) >= 11 is 2.03. The minimum Gasteiger partial charge on any atom is -0.462 e. The lowest BCUT2D eigenvalue weighted by atomic mass is 10.3. The molecule has 0 saturated carbocycles. The Morgan fingerprint density at radius 3 is 2.76 bits per heavy atom. The van der Waals surface area contributed by atoms with Gasteiger partial charge in [-0.1, -0.05) is 18.2 Å². The van der Waals surface area contributed by atoms with Gasteiger partial charge in [-0.05, 0) is 41.6 Å². The van der Waals surface area contributed by atoms with Crippen LogP contribution < -0.4 is 0 Å². The highest BCUT2D eigenvalue weighted by atomic mass is 127. The van der Waals surface area contributed by atoms with E-state index in [9.17, 15) is 4.79 Å². The number of rotatable bonds is 3. The molecule has 0 saturated heterocycles. The highest BCUT2D eigenvalue weighted by molar-refractivity contribution is 14.1. The molecule has 4 nitrogen and oxygen atoms in total. The van der Waals surface area contributed by atoms with Gasteiger partial charge in [-0.3, -0.25) is 0 Å². The standard InChI is InChI=1S/C12H11IN2O2/c1-2-17-12(16)10-8-15(14-11(10)13)9-6-4-3-5-7-9/h3-8H,2H2,1H3. The van der Waals surface area contributed by atoms with E-state index in [1.807, 2.05) is 52.9 Å². The summed E-state index contributed by atoms with van der Waals surface area (Å²) in [4.78, 5) is 11.6. The Bertz CT molecular complexity index is 523. The van der Waals surface area contributed by atoms with Gasteiger partial charge in [0.2, 0.25) is 0 Å². The summed E-state index contributed by atoms with van der Waals surface area (Å²) in [5, 5.41) is 4.29. The van der Waals surface area contributed by atoms with Gasteiger partial charge in [0.25, 0.3) is 0 Å². The highest BCUT2D eigenvalue weighted by Crippen LogP contribution is 2.15. The lowest BCUT2D eigenvalue weighted by Crippen LogP contribution is -2.04. The minimum atomic E-state index is -0.334. The van der Waals surface area contributed by atoms with Crippen LogP contribution in [0.25, 0.3) is 5.69 Å². The third-order valence-corrected chi connectivity index (χ3v) is 2.98. The largest absolute Gasteiger partial charge is 0.462 e. The molecule has 0 spiro atoms. The Hall–Kier alpha value is -1.37. The maximum atomic E-state index is 11.6. The van der Waals surface area contributed by atoms with Crippen molar-refractivity contribution < 1.29 is 9.53 Å². The van der Waals surface area contributed by atoms with E-state index in [2.05, 4.69) is 5.10 Å². The van der Waals surface area contributed by atoms with Crippen LogP contribution in [0, 0.1) is 3.70 Å². The molecule has 0 radical (unpaired) electrons. The van der Waals surface area contributed by atoms with Crippen LogP contribution in [0.3, 0.4) is 0 Å². The van der Waals surface area contributed by atoms with Crippen molar-refractivity contribution in [3.63, 3.8) is 0 Å². The zero-order chi connectivity index (χ0) is 12.3. The van der Waals surface area contributed by atoms with E-state index in [0.717, 1.165) is 5.69 Å². The van der Waals surface area contributed by atoms with Crippen LogP contribution in [0.4, 0.5) is 0 Å². The molecule has 88 valence electrons. The number of hydrogen-bond donors (Lipinski definition) is 0. The minimum absolute atomic E-state index is 0.334. The van der Waals surface area contributed by atoms with Crippen molar-refractivity contribution >= 4 is 28.6 Å². The lowest BCUT2D eigenvalue weighted by molar-refractivity contribution is 0.0525. The molecule has 0 atom stereocenters. The molecule has 1 heterocycles. The van der Waals surface area contributed by atoms with Crippen LogP contribution in [0.1, 0.15) is 17.3 Å². The molecule has 2 rings (SSSR count). The summed E-state index contributed by atoms with van der Waals surface area (Å²) in [6.07, 6.45) is 1.69. The van der Waals surface area contributed by atoms with Crippen molar-refractivity contribution in [3.8, 4) is 5.69 Å². The first-order chi connectivity index (χ1) is 8.22. The number of para-hydroxylation sites is 1.